The number of H-pyrrole nitrogens is 2. The van der Waals surface area contributed by atoms with Crippen LogP contribution >= 0.6 is 0 Å². The number of fused-ring (bicyclic) bond motifs is 1. The Kier molecular flexibility index (Phi) is 1.56. The molecule has 0 aliphatic heterocycles. The molecule has 0 spiro atoms. The minimum atomic E-state index is 0.668. The van der Waals surface area contributed by atoms with Gasteiger partial charge < -0.3 is 10.7 Å². The Labute approximate surface area is 86.1 Å². The van der Waals surface area contributed by atoms with Crippen LogP contribution in [-0.4, -0.2) is 15.2 Å². The zero-order chi connectivity index (χ0) is 10.3. The smallest absolute Gasteiger partial charge is 0.0880 e. The van der Waals surface area contributed by atoms with E-state index in [-0.39, 0.29) is 0 Å². The molecule has 0 bridgehead atoms. The zero-order valence-electron chi connectivity index (χ0n) is 7.99. The summed E-state index contributed by atoms with van der Waals surface area (Å²) < 4.78 is 0. The van der Waals surface area contributed by atoms with Crippen LogP contribution in [0.25, 0.3) is 22.2 Å². The third-order valence-corrected chi connectivity index (χ3v) is 2.51. The summed E-state index contributed by atoms with van der Waals surface area (Å²) in [5.74, 6) is 0. The van der Waals surface area contributed by atoms with Crippen molar-refractivity contribution in [3.05, 3.63) is 36.7 Å². The molecule has 0 fully saturated rings. The summed E-state index contributed by atoms with van der Waals surface area (Å²) in [6.45, 7) is 0. The first-order valence-electron chi connectivity index (χ1n) is 4.71. The number of hydrogen-bond donors (Lipinski definition) is 3. The first-order chi connectivity index (χ1) is 7.34. The molecule has 0 aliphatic rings. The van der Waals surface area contributed by atoms with Crippen LogP contribution in [-0.2, 0) is 0 Å². The minimum Gasteiger partial charge on any atom is -0.396 e. The van der Waals surface area contributed by atoms with Crippen LogP contribution in [0.1, 0.15) is 0 Å². The fourth-order valence-corrected chi connectivity index (χ4v) is 1.73. The third-order valence-electron chi connectivity index (χ3n) is 2.51. The van der Waals surface area contributed by atoms with Gasteiger partial charge in [-0.3, -0.25) is 5.10 Å². The van der Waals surface area contributed by atoms with E-state index >= 15 is 0 Å². The van der Waals surface area contributed by atoms with Crippen molar-refractivity contribution in [3.63, 3.8) is 0 Å². The Morgan fingerprint density at radius 2 is 2.13 bits per heavy atom. The topological polar surface area (TPSA) is 70.5 Å². The van der Waals surface area contributed by atoms with E-state index in [0.29, 0.717) is 5.69 Å². The standard InChI is InChI=1S/C11H10N4/c12-9-6-14-15-11(9)8-2-1-7-3-4-13-10(7)5-8/h1-6,13H,12H2,(H,14,15). The van der Waals surface area contributed by atoms with E-state index in [0.717, 1.165) is 16.8 Å². The number of anilines is 1. The van der Waals surface area contributed by atoms with Crippen LogP contribution in [0.2, 0.25) is 0 Å². The molecule has 3 rings (SSSR count). The van der Waals surface area contributed by atoms with E-state index in [1.165, 1.54) is 5.39 Å². The second-order valence-electron chi connectivity index (χ2n) is 3.48. The fourth-order valence-electron chi connectivity index (χ4n) is 1.73. The number of nitrogens with one attached hydrogen (secondary N) is 2. The number of nitrogen functional groups attached to an aromatic ring is 1. The predicted octanol–water partition coefficient (Wildman–Crippen LogP) is 2.14. The summed E-state index contributed by atoms with van der Waals surface area (Å²) >= 11 is 0. The monoisotopic (exact) mass is 198 g/mol. The van der Waals surface area contributed by atoms with Crippen molar-refractivity contribution >= 4 is 16.6 Å². The van der Waals surface area contributed by atoms with E-state index in [1.807, 2.05) is 18.3 Å². The van der Waals surface area contributed by atoms with Crippen molar-refractivity contribution in [3.8, 4) is 11.3 Å². The minimum absolute atomic E-state index is 0.668. The molecule has 4 nitrogen and oxygen atoms in total. The van der Waals surface area contributed by atoms with E-state index in [2.05, 4.69) is 27.3 Å². The molecular weight excluding hydrogens is 188 g/mol. The van der Waals surface area contributed by atoms with Crippen molar-refractivity contribution in [2.45, 2.75) is 0 Å². The molecule has 74 valence electrons. The maximum absolute atomic E-state index is 5.79. The maximum atomic E-state index is 5.79. The molecule has 3 aromatic rings. The molecule has 2 aromatic heterocycles. The first-order valence-corrected chi connectivity index (χ1v) is 4.71. The Bertz CT molecular complexity index is 606. The van der Waals surface area contributed by atoms with Crippen LogP contribution in [0.4, 0.5) is 5.69 Å². The average Bonchev–Trinajstić information content (AvgIpc) is 2.84. The van der Waals surface area contributed by atoms with Crippen molar-refractivity contribution in [1.29, 1.82) is 0 Å². The van der Waals surface area contributed by atoms with E-state index in [4.69, 9.17) is 5.73 Å². The van der Waals surface area contributed by atoms with E-state index in [1.54, 1.807) is 6.20 Å². The third kappa shape index (κ3) is 1.19. The second-order valence-corrected chi connectivity index (χ2v) is 3.48. The van der Waals surface area contributed by atoms with Crippen molar-refractivity contribution < 1.29 is 0 Å². The number of nitrogens with zero attached hydrogens (tertiary/aromatic N) is 1. The molecule has 0 unspecified atom stereocenters. The average molecular weight is 198 g/mol. The summed E-state index contributed by atoms with van der Waals surface area (Å²) in [6.07, 6.45) is 3.54. The molecule has 4 N–H and O–H groups in total. The van der Waals surface area contributed by atoms with Crippen LogP contribution < -0.4 is 5.73 Å². The molecular formula is C11H10N4. The lowest BCUT2D eigenvalue weighted by Crippen LogP contribution is -1.86. The molecule has 0 radical (unpaired) electrons. The van der Waals surface area contributed by atoms with Gasteiger partial charge in [-0.2, -0.15) is 5.10 Å². The van der Waals surface area contributed by atoms with Gasteiger partial charge in [0.05, 0.1) is 17.6 Å². The number of aromatic nitrogens is 3. The molecule has 0 amide bonds. The Balaban J connectivity index is 2.23. The van der Waals surface area contributed by atoms with Gasteiger partial charge in [-0.1, -0.05) is 12.1 Å². The van der Waals surface area contributed by atoms with Crippen molar-refractivity contribution in [2.24, 2.45) is 0 Å². The molecule has 15 heavy (non-hydrogen) atoms. The highest BCUT2D eigenvalue weighted by Gasteiger charge is 2.05. The van der Waals surface area contributed by atoms with Gasteiger partial charge in [-0.25, -0.2) is 0 Å². The van der Waals surface area contributed by atoms with E-state index < -0.39 is 0 Å². The molecule has 2 heterocycles. The molecule has 4 heteroatoms. The van der Waals surface area contributed by atoms with Gasteiger partial charge in [0.1, 0.15) is 0 Å². The first kappa shape index (κ1) is 8.11. The molecule has 1 aromatic carbocycles. The summed E-state index contributed by atoms with van der Waals surface area (Å²) in [4.78, 5) is 3.17. The molecule has 0 saturated heterocycles. The Morgan fingerprint density at radius 3 is 2.93 bits per heavy atom. The number of aromatic amines is 2. The summed E-state index contributed by atoms with van der Waals surface area (Å²) in [5, 5.41) is 7.99. The van der Waals surface area contributed by atoms with E-state index in [9.17, 15) is 0 Å². The van der Waals surface area contributed by atoms with Gasteiger partial charge in [0.15, 0.2) is 0 Å². The molecule has 0 aliphatic carbocycles. The Morgan fingerprint density at radius 1 is 1.20 bits per heavy atom. The molecule has 0 saturated carbocycles. The SMILES string of the molecule is Nc1cn[nH]c1-c1ccc2cc[nH]c2c1. The maximum Gasteiger partial charge on any atom is 0.0880 e. The normalized spacial score (nSPS) is 10.9. The van der Waals surface area contributed by atoms with Gasteiger partial charge in [0.2, 0.25) is 0 Å². The largest absolute Gasteiger partial charge is 0.396 e. The van der Waals surface area contributed by atoms with Crippen LogP contribution in [0, 0.1) is 0 Å². The van der Waals surface area contributed by atoms with Crippen LogP contribution in [0.5, 0.6) is 0 Å². The lowest BCUT2D eigenvalue weighted by molar-refractivity contribution is 1.10. The highest BCUT2D eigenvalue weighted by molar-refractivity contribution is 5.86. The lowest BCUT2D eigenvalue weighted by Gasteiger charge is -1.99. The van der Waals surface area contributed by atoms with Gasteiger partial charge >= 0.3 is 0 Å². The number of rotatable bonds is 1. The predicted molar refractivity (Wildman–Crippen MR) is 60.3 cm³/mol. The van der Waals surface area contributed by atoms with Gasteiger partial charge in [-0.15, -0.1) is 0 Å². The highest BCUT2D eigenvalue weighted by atomic mass is 15.1. The molecule has 0 atom stereocenters. The number of benzene rings is 1. The zero-order valence-corrected chi connectivity index (χ0v) is 7.99. The van der Waals surface area contributed by atoms with Gasteiger partial charge in [0.25, 0.3) is 0 Å². The summed E-state index contributed by atoms with van der Waals surface area (Å²) in [7, 11) is 0. The van der Waals surface area contributed by atoms with Crippen molar-refractivity contribution in [2.75, 3.05) is 5.73 Å². The second kappa shape index (κ2) is 2.88. The van der Waals surface area contributed by atoms with Crippen LogP contribution in [0.15, 0.2) is 36.7 Å². The summed E-state index contributed by atoms with van der Waals surface area (Å²) in [6, 6.07) is 8.18. The fraction of sp³-hybridized carbons (Fsp3) is 0. The quantitative estimate of drug-likeness (QED) is 0.560. The Hall–Kier alpha value is -2.23. The van der Waals surface area contributed by atoms with Gasteiger partial charge in [0, 0.05) is 17.3 Å². The van der Waals surface area contributed by atoms with Crippen molar-refractivity contribution in [1.82, 2.24) is 15.2 Å². The highest BCUT2D eigenvalue weighted by Crippen LogP contribution is 2.25. The summed E-state index contributed by atoms with van der Waals surface area (Å²) in [5.41, 5.74) is 9.46. The van der Waals surface area contributed by atoms with Gasteiger partial charge in [-0.05, 0) is 17.5 Å². The number of hydrogen-bond acceptors (Lipinski definition) is 2. The van der Waals surface area contributed by atoms with Crippen LogP contribution in [0.3, 0.4) is 0 Å². The number of nitrogens with two attached hydrogens (primary N) is 1. The lowest BCUT2D eigenvalue weighted by atomic mass is 10.1.